The second-order valence-corrected chi connectivity index (χ2v) is 7.59. The van der Waals surface area contributed by atoms with Crippen LogP contribution in [-0.4, -0.2) is 61.4 Å². The van der Waals surface area contributed by atoms with E-state index in [0.717, 1.165) is 64.2 Å². The fourth-order valence-electron chi connectivity index (χ4n) is 3.91. The Morgan fingerprint density at radius 1 is 1.12 bits per heavy atom. The Balaban J connectivity index is 0.00000312. The molecule has 2 saturated heterocycles. The second-order valence-electron chi connectivity index (χ2n) is 7.59. The van der Waals surface area contributed by atoms with Crippen molar-refractivity contribution in [1.29, 1.82) is 0 Å². The Morgan fingerprint density at radius 2 is 1.80 bits per heavy atom. The molecule has 2 aliphatic rings. The zero-order valence-corrected chi connectivity index (χ0v) is 16.9. The van der Waals surface area contributed by atoms with Crippen LogP contribution in [0.2, 0.25) is 0 Å². The number of piperidine rings is 2. The van der Waals surface area contributed by atoms with Gasteiger partial charge in [0.05, 0.1) is 5.92 Å². The van der Waals surface area contributed by atoms with Crippen molar-refractivity contribution in [3.8, 4) is 0 Å². The van der Waals surface area contributed by atoms with Crippen molar-refractivity contribution < 1.29 is 9.59 Å². The largest absolute Gasteiger partial charge is 0.342 e. The first-order chi connectivity index (χ1) is 11.6. The number of carbonyl (C=O) groups is 2. The number of nitrogens with zero attached hydrogens (tertiary/aromatic N) is 2. The van der Waals surface area contributed by atoms with E-state index in [9.17, 15) is 9.59 Å². The normalized spacial score (nSPS) is 23.1. The molecule has 6 heteroatoms. The number of hydrogen-bond donors (Lipinski definition) is 1. The average Bonchev–Trinajstić information content (AvgIpc) is 2.65. The second kappa shape index (κ2) is 11.0. The van der Waals surface area contributed by atoms with Crippen LogP contribution in [0, 0.1) is 17.8 Å². The van der Waals surface area contributed by atoms with E-state index in [4.69, 9.17) is 0 Å². The zero-order valence-electron chi connectivity index (χ0n) is 16.1. The highest BCUT2D eigenvalue weighted by Crippen LogP contribution is 2.25. The summed E-state index contributed by atoms with van der Waals surface area (Å²) in [7, 11) is 1.99. The standard InChI is InChI=1S/C19H35N3O2.ClH/c1-4-15(2)18(23)22-11-5-6-17(14-22)19(24)21-12-8-16(9-13-21)7-10-20-3;/h15-17,20H,4-14H2,1-3H3;1H. The molecule has 1 N–H and O–H groups in total. The number of hydrogen-bond acceptors (Lipinski definition) is 3. The summed E-state index contributed by atoms with van der Waals surface area (Å²) in [6, 6.07) is 0. The first-order valence-electron chi connectivity index (χ1n) is 9.79. The Bertz CT molecular complexity index is 425. The summed E-state index contributed by atoms with van der Waals surface area (Å²) >= 11 is 0. The van der Waals surface area contributed by atoms with Crippen molar-refractivity contribution >= 4 is 24.2 Å². The highest BCUT2D eigenvalue weighted by Gasteiger charge is 2.33. The molecule has 2 atom stereocenters. The molecule has 5 nitrogen and oxygen atoms in total. The monoisotopic (exact) mass is 373 g/mol. The fraction of sp³-hybridized carbons (Fsp3) is 0.895. The van der Waals surface area contributed by atoms with E-state index in [2.05, 4.69) is 10.2 Å². The van der Waals surface area contributed by atoms with Gasteiger partial charge in [0, 0.05) is 32.1 Å². The number of nitrogens with one attached hydrogen (secondary N) is 1. The predicted molar refractivity (Wildman–Crippen MR) is 104 cm³/mol. The molecule has 25 heavy (non-hydrogen) atoms. The summed E-state index contributed by atoms with van der Waals surface area (Å²) in [6.07, 6.45) is 6.21. The van der Waals surface area contributed by atoms with Crippen molar-refractivity contribution in [3.05, 3.63) is 0 Å². The molecule has 2 amide bonds. The van der Waals surface area contributed by atoms with Crippen molar-refractivity contribution in [3.63, 3.8) is 0 Å². The number of halogens is 1. The SMILES string of the molecule is CCC(C)C(=O)N1CCCC(C(=O)N2CCC(CCNC)CC2)C1.Cl. The van der Waals surface area contributed by atoms with E-state index >= 15 is 0 Å². The Morgan fingerprint density at radius 3 is 2.40 bits per heavy atom. The molecule has 0 saturated carbocycles. The summed E-state index contributed by atoms with van der Waals surface area (Å²) in [6.45, 7) is 8.33. The molecule has 146 valence electrons. The summed E-state index contributed by atoms with van der Waals surface area (Å²) < 4.78 is 0. The number of carbonyl (C=O) groups excluding carboxylic acids is 2. The third kappa shape index (κ3) is 6.14. The minimum absolute atomic E-state index is 0. The molecule has 2 fully saturated rings. The first kappa shape index (κ1) is 22.2. The topological polar surface area (TPSA) is 52.7 Å². The van der Waals surface area contributed by atoms with Crippen LogP contribution in [0.3, 0.4) is 0 Å². The van der Waals surface area contributed by atoms with Crippen LogP contribution in [0.25, 0.3) is 0 Å². The van der Waals surface area contributed by atoms with Gasteiger partial charge in [0.1, 0.15) is 0 Å². The molecule has 0 spiro atoms. The summed E-state index contributed by atoms with van der Waals surface area (Å²) in [5, 5.41) is 3.21. The maximum absolute atomic E-state index is 12.9. The number of rotatable bonds is 6. The van der Waals surface area contributed by atoms with Gasteiger partial charge >= 0.3 is 0 Å². The molecular formula is C19H36ClN3O2. The summed E-state index contributed by atoms with van der Waals surface area (Å²) in [4.78, 5) is 29.3. The third-order valence-corrected chi connectivity index (χ3v) is 5.85. The summed E-state index contributed by atoms with van der Waals surface area (Å²) in [5.74, 6) is 1.34. The molecule has 0 aromatic rings. The van der Waals surface area contributed by atoms with Crippen molar-refractivity contribution in [2.45, 2.75) is 52.4 Å². The van der Waals surface area contributed by atoms with Crippen molar-refractivity contribution in [2.24, 2.45) is 17.8 Å². The minimum Gasteiger partial charge on any atom is -0.342 e. The van der Waals surface area contributed by atoms with E-state index in [0.29, 0.717) is 6.54 Å². The van der Waals surface area contributed by atoms with Gasteiger partial charge in [-0.3, -0.25) is 9.59 Å². The number of likely N-dealkylation sites (tertiary alicyclic amines) is 2. The van der Waals surface area contributed by atoms with E-state index < -0.39 is 0 Å². The predicted octanol–water partition coefficient (Wildman–Crippen LogP) is 2.54. The first-order valence-corrected chi connectivity index (χ1v) is 9.79. The lowest BCUT2D eigenvalue weighted by Crippen LogP contribution is -2.49. The Kier molecular flexibility index (Phi) is 9.80. The van der Waals surface area contributed by atoms with E-state index in [1.54, 1.807) is 0 Å². The smallest absolute Gasteiger partial charge is 0.227 e. The van der Waals surface area contributed by atoms with Gasteiger partial charge < -0.3 is 15.1 Å². The lowest BCUT2D eigenvalue weighted by Gasteiger charge is -2.38. The molecule has 0 aromatic carbocycles. The Labute approximate surface area is 159 Å². The molecule has 2 heterocycles. The average molecular weight is 374 g/mol. The van der Waals surface area contributed by atoms with Crippen LogP contribution in [-0.2, 0) is 9.59 Å². The molecule has 0 aliphatic carbocycles. The van der Waals surface area contributed by atoms with Crippen LogP contribution >= 0.6 is 12.4 Å². The van der Waals surface area contributed by atoms with Gasteiger partial charge in [0.25, 0.3) is 0 Å². The highest BCUT2D eigenvalue weighted by atomic mass is 35.5. The molecule has 0 aromatic heterocycles. The molecular weight excluding hydrogens is 338 g/mol. The molecule has 2 rings (SSSR count). The van der Waals surface area contributed by atoms with E-state index in [1.807, 2.05) is 25.8 Å². The quantitative estimate of drug-likeness (QED) is 0.778. The van der Waals surface area contributed by atoms with Crippen LogP contribution in [0.4, 0.5) is 0 Å². The lowest BCUT2D eigenvalue weighted by atomic mass is 9.90. The van der Waals surface area contributed by atoms with Crippen LogP contribution < -0.4 is 5.32 Å². The molecule has 2 unspecified atom stereocenters. The molecule has 2 aliphatic heterocycles. The van der Waals surface area contributed by atoms with E-state index in [1.165, 1.54) is 6.42 Å². The highest BCUT2D eigenvalue weighted by molar-refractivity contribution is 5.85. The van der Waals surface area contributed by atoms with E-state index in [-0.39, 0.29) is 36.1 Å². The van der Waals surface area contributed by atoms with Gasteiger partial charge in [-0.2, -0.15) is 0 Å². The van der Waals surface area contributed by atoms with Gasteiger partial charge in [-0.25, -0.2) is 0 Å². The number of amides is 2. The maximum Gasteiger partial charge on any atom is 0.227 e. The van der Waals surface area contributed by atoms with Gasteiger partial charge in [-0.1, -0.05) is 13.8 Å². The zero-order chi connectivity index (χ0) is 17.5. The van der Waals surface area contributed by atoms with Crippen LogP contribution in [0.15, 0.2) is 0 Å². The van der Waals surface area contributed by atoms with Crippen LogP contribution in [0.1, 0.15) is 52.4 Å². The van der Waals surface area contributed by atoms with Crippen LogP contribution in [0.5, 0.6) is 0 Å². The Hall–Kier alpha value is -0.810. The lowest BCUT2D eigenvalue weighted by molar-refractivity contribution is -0.143. The van der Waals surface area contributed by atoms with Crippen molar-refractivity contribution in [2.75, 3.05) is 39.8 Å². The van der Waals surface area contributed by atoms with Gasteiger partial charge in [0.2, 0.25) is 11.8 Å². The minimum atomic E-state index is 0. The van der Waals surface area contributed by atoms with Gasteiger partial charge in [0.15, 0.2) is 0 Å². The third-order valence-electron chi connectivity index (χ3n) is 5.85. The summed E-state index contributed by atoms with van der Waals surface area (Å²) in [5.41, 5.74) is 0. The maximum atomic E-state index is 12.9. The van der Waals surface area contributed by atoms with Gasteiger partial charge in [-0.05, 0) is 58.0 Å². The fourth-order valence-corrected chi connectivity index (χ4v) is 3.91. The van der Waals surface area contributed by atoms with Gasteiger partial charge in [-0.15, -0.1) is 12.4 Å². The van der Waals surface area contributed by atoms with Crippen molar-refractivity contribution in [1.82, 2.24) is 15.1 Å². The molecule has 0 bridgehead atoms. The molecule has 0 radical (unpaired) electrons.